The van der Waals surface area contributed by atoms with Gasteiger partial charge < -0.3 is 10.1 Å². The maximum absolute atomic E-state index is 6.28. The fourth-order valence-electron chi connectivity index (χ4n) is 2.04. The van der Waals surface area contributed by atoms with Gasteiger partial charge in [0.1, 0.15) is 12.4 Å². The molecule has 0 aliphatic heterocycles. The van der Waals surface area contributed by atoms with E-state index in [-0.39, 0.29) is 0 Å². The van der Waals surface area contributed by atoms with E-state index in [0.29, 0.717) is 11.6 Å². The van der Waals surface area contributed by atoms with Gasteiger partial charge in [-0.15, -0.1) is 0 Å². The Morgan fingerprint density at radius 2 is 1.86 bits per heavy atom. The number of nitrogens with one attached hydrogen (secondary N) is 1. The highest BCUT2D eigenvalue weighted by Crippen LogP contribution is 2.26. The molecular weight excluding hydrogens is 282 g/mol. The third-order valence-electron chi connectivity index (χ3n) is 3.27. The highest BCUT2D eigenvalue weighted by Gasteiger charge is 2.03. The van der Waals surface area contributed by atoms with Gasteiger partial charge in [0.25, 0.3) is 0 Å². The molecule has 0 fully saturated rings. The van der Waals surface area contributed by atoms with Crippen molar-refractivity contribution in [2.24, 2.45) is 0 Å². The van der Waals surface area contributed by atoms with Crippen LogP contribution in [0, 0.1) is 0 Å². The zero-order valence-electron chi connectivity index (χ0n) is 12.4. The zero-order chi connectivity index (χ0) is 14.9. The van der Waals surface area contributed by atoms with E-state index in [4.69, 9.17) is 16.3 Å². The Kier molecular flexibility index (Phi) is 6.58. The second kappa shape index (κ2) is 8.71. The molecular formula is C18H22ClNO. The summed E-state index contributed by atoms with van der Waals surface area (Å²) in [6.45, 7) is 4.62. The van der Waals surface area contributed by atoms with Gasteiger partial charge in [-0.3, -0.25) is 0 Å². The van der Waals surface area contributed by atoms with Crippen molar-refractivity contribution < 1.29 is 4.74 Å². The predicted octanol–water partition coefficient (Wildman–Crippen LogP) is 4.81. The van der Waals surface area contributed by atoms with Crippen LogP contribution in [0.1, 0.15) is 30.9 Å². The van der Waals surface area contributed by atoms with Crippen LogP contribution in [-0.4, -0.2) is 6.54 Å². The molecule has 0 aromatic heterocycles. The summed E-state index contributed by atoms with van der Waals surface area (Å²) in [4.78, 5) is 0. The monoisotopic (exact) mass is 303 g/mol. The van der Waals surface area contributed by atoms with Crippen LogP contribution in [0.15, 0.2) is 48.5 Å². The molecule has 2 rings (SSSR count). The highest BCUT2D eigenvalue weighted by atomic mass is 35.5. The fraction of sp³-hybridized carbons (Fsp3) is 0.333. The Morgan fingerprint density at radius 1 is 1.05 bits per heavy atom. The molecule has 0 aliphatic carbocycles. The summed E-state index contributed by atoms with van der Waals surface area (Å²) in [5.74, 6) is 0.734. The Morgan fingerprint density at radius 3 is 2.57 bits per heavy atom. The predicted molar refractivity (Wildman–Crippen MR) is 88.8 cm³/mol. The van der Waals surface area contributed by atoms with Gasteiger partial charge in [-0.2, -0.15) is 0 Å². The van der Waals surface area contributed by atoms with Crippen molar-refractivity contribution in [1.29, 1.82) is 0 Å². The van der Waals surface area contributed by atoms with Crippen LogP contribution < -0.4 is 10.1 Å². The average molecular weight is 304 g/mol. The molecule has 0 heterocycles. The SMILES string of the molecule is CCCCNCc1ccc(OCc2ccccc2)c(Cl)c1. The van der Waals surface area contributed by atoms with E-state index >= 15 is 0 Å². The number of rotatable bonds is 8. The molecule has 0 atom stereocenters. The van der Waals surface area contributed by atoms with Crippen molar-refractivity contribution in [2.75, 3.05) is 6.54 Å². The number of hydrogen-bond acceptors (Lipinski definition) is 2. The van der Waals surface area contributed by atoms with E-state index in [0.717, 1.165) is 24.4 Å². The van der Waals surface area contributed by atoms with Crippen LogP contribution in [0.4, 0.5) is 0 Å². The molecule has 3 heteroatoms. The van der Waals surface area contributed by atoms with E-state index < -0.39 is 0 Å². The summed E-state index contributed by atoms with van der Waals surface area (Å²) in [6, 6.07) is 16.1. The molecule has 21 heavy (non-hydrogen) atoms. The van der Waals surface area contributed by atoms with Gasteiger partial charge in [0.15, 0.2) is 0 Å². The number of ether oxygens (including phenoxy) is 1. The largest absolute Gasteiger partial charge is 0.487 e. The van der Waals surface area contributed by atoms with Crippen LogP contribution in [-0.2, 0) is 13.2 Å². The van der Waals surface area contributed by atoms with Crippen LogP contribution >= 0.6 is 11.6 Å². The number of halogens is 1. The fourth-order valence-corrected chi connectivity index (χ4v) is 2.30. The lowest BCUT2D eigenvalue weighted by Gasteiger charge is -2.10. The standard InChI is InChI=1S/C18H22ClNO/c1-2-3-11-20-13-16-9-10-18(17(19)12-16)21-14-15-7-5-4-6-8-15/h4-10,12,20H,2-3,11,13-14H2,1H3. The molecule has 0 spiro atoms. The summed E-state index contributed by atoms with van der Waals surface area (Å²) >= 11 is 6.28. The topological polar surface area (TPSA) is 21.3 Å². The molecule has 2 aromatic rings. The van der Waals surface area contributed by atoms with Crippen molar-refractivity contribution >= 4 is 11.6 Å². The first-order valence-electron chi connectivity index (χ1n) is 7.45. The van der Waals surface area contributed by atoms with Gasteiger partial charge in [-0.25, -0.2) is 0 Å². The highest BCUT2D eigenvalue weighted by molar-refractivity contribution is 6.32. The molecule has 2 nitrogen and oxygen atoms in total. The van der Waals surface area contributed by atoms with Crippen LogP contribution in [0.25, 0.3) is 0 Å². The minimum atomic E-state index is 0.536. The molecule has 0 amide bonds. The summed E-state index contributed by atoms with van der Waals surface area (Å²) in [5.41, 5.74) is 2.32. The van der Waals surface area contributed by atoms with Crippen molar-refractivity contribution in [3.8, 4) is 5.75 Å². The van der Waals surface area contributed by atoms with Crippen molar-refractivity contribution in [1.82, 2.24) is 5.32 Å². The maximum Gasteiger partial charge on any atom is 0.138 e. The summed E-state index contributed by atoms with van der Waals surface area (Å²) in [7, 11) is 0. The second-order valence-electron chi connectivity index (χ2n) is 5.07. The molecule has 0 aliphatic rings. The lowest BCUT2D eigenvalue weighted by Crippen LogP contribution is -2.14. The molecule has 0 saturated carbocycles. The first kappa shape index (κ1) is 15.9. The summed E-state index contributed by atoms with van der Waals surface area (Å²) in [5, 5.41) is 4.08. The second-order valence-corrected chi connectivity index (χ2v) is 5.48. The normalized spacial score (nSPS) is 10.6. The minimum absolute atomic E-state index is 0.536. The van der Waals surface area contributed by atoms with E-state index in [1.54, 1.807) is 0 Å². The molecule has 0 radical (unpaired) electrons. The average Bonchev–Trinajstić information content (AvgIpc) is 2.52. The number of unbranched alkanes of at least 4 members (excludes halogenated alkanes) is 1. The number of benzene rings is 2. The molecule has 0 unspecified atom stereocenters. The molecule has 2 aromatic carbocycles. The smallest absolute Gasteiger partial charge is 0.138 e. The summed E-state index contributed by atoms with van der Waals surface area (Å²) < 4.78 is 5.77. The third kappa shape index (κ3) is 5.41. The first-order chi connectivity index (χ1) is 10.3. The quantitative estimate of drug-likeness (QED) is 0.707. The van der Waals surface area contributed by atoms with Gasteiger partial charge in [0.2, 0.25) is 0 Å². The van der Waals surface area contributed by atoms with Crippen LogP contribution in [0.2, 0.25) is 5.02 Å². The van der Waals surface area contributed by atoms with Crippen LogP contribution in [0.5, 0.6) is 5.75 Å². The van der Waals surface area contributed by atoms with Gasteiger partial charge in [0.05, 0.1) is 5.02 Å². The Labute approximate surface area is 132 Å². The molecule has 1 N–H and O–H groups in total. The number of hydrogen-bond donors (Lipinski definition) is 1. The molecule has 112 valence electrons. The lowest BCUT2D eigenvalue weighted by molar-refractivity contribution is 0.306. The van der Waals surface area contributed by atoms with Gasteiger partial charge in [-0.05, 0) is 36.2 Å². The first-order valence-corrected chi connectivity index (χ1v) is 7.83. The Bertz CT molecular complexity index is 542. The van der Waals surface area contributed by atoms with Gasteiger partial charge >= 0.3 is 0 Å². The van der Waals surface area contributed by atoms with Gasteiger partial charge in [-0.1, -0.05) is 61.3 Å². The van der Waals surface area contributed by atoms with E-state index in [1.165, 1.54) is 18.4 Å². The van der Waals surface area contributed by atoms with Crippen molar-refractivity contribution in [2.45, 2.75) is 32.9 Å². The van der Waals surface area contributed by atoms with E-state index in [9.17, 15) is 0 Å². The van der Waals surface area contributed by atoms with E-state index in [2.05, 4.69) is 18.3 Å². The summed E-state index contributed by atoms with van der Waals surface area (Å²) in [6.07, 6.45) is 2.41. The molecule has 0 bridgehead atoms. The third-order valence-corrected chi connectivity index (χ3v) is 3.57. The van der Waals surface area contributed by atoms with Crippen LogP contribution in [0.3, 0.4) is 0 Å². The minimum Gasteiger partial charge on any atom is -0.487 e. The Hall–Kier alpha value is -1.51. The van der Waals surface area contributed by atoms with Crippen molar-refractivity contribution in [3.05, 3.63) is 64.7 Å². The lowest BCUT2D eigenvalue weighted by atomic mass is 10.2. The zero-order valence-corrected chi connectivity index (χ0v) is 13.2. The molecule has 0 saturated heterocycles. The van der Waals surface area contributed by atoms with Crippen molar-refractivity contribution in [3.63, 3.8) is 0 Å². The Balaban J connectivity index is 1.87. The maximum atomic E-state index is 6.28. The van der Waals surface area contributed by atoms with Gasteiger partial charge in [0, 0.05) is 6.54 Å². The van der Waals surface area contributed by atoms with E-state index in [1.807, 2.05) is 42.5 Å².